The number of hydrogen-bond acceptors (Lipinski definition) is 4. The van der Waals surface area contributed by atoms with Crippen molar-refractivity contribution in [2.45, 2.75) is 52.6 Å². The van der Waals surface area contributed by atoms with Crippen LogP contribution in [0, 0.1) is 11.8 Å². The van der Waals surface area contributed by atoms with E-state index in [9.17, 15) is 4.79 Å². The van der Waals surface area contributed by atoms with Crippen molar-refractivity contribution >= 4 is 11.6 Å². The third-order valence-corrected chi connectivity index (χ3v) is 5.57. The van der Waals surface area contributed by atoms with Gasteiger partial charge in [-0.1, -0.05) is 26.0 Å². The number of benzene rings is 1. The molecular weight excluding hydrogens is 326 g/mol. The lowest BCUT2D eigenvalue weighted by molar-refractivity contribution is -0.120. The maximum absolute atomic E-state index is 12.8. The molecule has 6 heteroatoms. The smallest absolute Gasteiger partial charge is 0.227 e. The number of nitrogens with one attached hydrogen (secondary N) is 2. The Balaban J connectivity index is 1.42. The van der Waals surface area contributed by atoms with Gasteiger partial charge >= 0.3 is 0 Å². The summed E-state index contributed by atoms with van der Waals surface area (Å²) in [6.07, 6.45) is 3.53. The molecule has 1 aromatic carbocycles. The van der Waals surface area contributed by atoms with Gasteiger partial charge in [0.15, 0.2) is 0 Å². The molecule has 0 bridgehead atoms. The zero-order valence-electron chi connectivity index (χ0n) is 15.6. The Morgan fingerprint density at radius 3 is 3.00 bits per heavy atom. The molecule has 1 aromatic heterocycles. The summed E-state index contributed by atoms with van der Waals surface area (Å²) in [5.41, 5.74) is 5.55. The molecular formula is C20H27N5O. The number of aromatic amines is 1. The van der Waals surface area contributed by atoms with E-state index in [0.29, 0.717) is 12.3 Å². The molecule has 1 atom stereocenters. The first-order valence-corrected chi connectivity index (χ1v) is 9.62. The Labute approximate surface area is 154 Å². The first-order valence-electron chi connectivity index (χ1n) is 9.62. The largest absolute Gasteiger partial charge is 0.326 e. The lowest BCUT2D eigenvalue weighted by Crippen LogP contribution is -2.28. The fraction of sp³-hybridized carbons (Fsp3) is 0.550. The van der Waals surface area contributed by atoms with E-state index in [1.165, 1.54) is 17.5 Å². The predicted molar refractivity (Wildman–Crippen MR) is 101 cm³/mol. The van der Waals surface area contributed by atoms with Crippen LogP contribution >= 0.6 is 0 Å². The third kappa shape index (κ3) is 3.51. The first kappa shape index (κ1) is 17.2. The van der Waals surface area contributed by atoms with E-state index < -0.39 is 0 Å². The van der Waals surface area contributed by atoms with E-state index in [4.69, 9.17) is 0 Å². The molecule has 2 heterocycles. The van der Waals surface area contributed by atoms with Gasteiger partial charge in [0.25, 0.3) is 0 Å². The van der Waals surface area contributed by atoms with Crippen LogP contribution in [0.25, 0.3) is 0 Å². The molecule has 1 aliphatic heterocycles. The molecule has 0 saturated heterocycles. The lowest BCUT2D eigenvalue weighted by atomic mass is 9.89. The Morgan fingerprint density at radius 1 is 1.31 bits per heavy atom. The highest BCUT2D eigenvalue weighted by molar-refractivity contribution is 5.93. The summed E-state index contributed by atoms with van der Waals surface area (Å²) in [5.74, 6) is 0.792. The number of hydrogen-bond donors (Lipinski definition) is 2. The number of carbonyl (C=O) groups excluding carboxylic acids is 1. The highest BCUT2D eigenvalue weighted by atomic mass is 16.1. The lowest BCUT2D eigenvalue weighted by Gasteiger charge is -2.20. The number of aryl methyl sites for hydroxylation is 1. The van der Waals surface area contributed by atoms with Crippen molar-refractivity contribution in [1.82, 2.24) is 20.3 Å². The van der Waals surface area contributed by atoms with E-state index in [0.717, 1.165) is 49.6 Å². The number of nitrogens with zero attached hydrogens (tertiary/aromatic N) is 3. The number of fused-ring (bicyclic) bond motifs is 2. The van der Waals surface area contributed by atoms with Crippen LogP contribution in [0.15, 0.2) is 18.2 Å². The molecule has 0 fully saturated rings. The number of anilines is 1. The van der Waals surface area contributed by atoms with Gasteiger partial charge in [0.2, 0.25) is 5.91 Å². The van der Waals surface area contributed by atoms with Gasteiger partial charge < -0.3 is 5.32 Å². The maximum atomic E-state index is 12.8. The van der Waals surface area contributed by atoms with Crippen LogP contribution in [-0.2, 0) is 30.7 Å². The minimum absolute atomic E-state index is 0.0260. The summed E-state index contributed by atoms with van der Waals surface area (Å²) in [7, 11) is 0. The minimum atomic E-state index is -0.0260. The van der Waals surface area contributed by atoms with Crippen LogP contribution < -0.4 is 5.32 Å². The van der Waals surface area contributed by atoms with Gasteiger partial charge in [-0.2, -0.15) is 15.4 Å². The molecule has 0 spiro atoms. The molecule has 2 aromatic rings. The van der Waals surface area contributed by atoms with Gasteiger partial charge in [0.1, 0.15) is 0 Å². The number of carbonyl (C=O) groups is 1. The van der Waals surface area contributed by atoms with Crippen LogP contribution in [0.1, 0.15) is 49.2 Å². The normalized spacial score (nSPS) is 19.4. The molecule has 138 valence electrons. The average molecular weight is 353 g/mol. The van der Waals surface area contributed by atoms with Crippen molar-refractivity contribution in [2.75, 3.05) is 11.9 Å². The molecule has 0 saturated carbocycles. The molecule has 6 nitrogen and oxygen atoms in total. The SMILES string of the molecule is CC(C)CCN1Cc2cccc(NC(=O)C3CCc4n[nH]nc4C3)c2C1. The van der Waals surface area contributed by atoms with E-state index in [-0.39, 0.29) is 11.8 Å². The van der Waals surface area contributed by atoms with Gasteiger partial charge in [0.05, 0.1) is 11.4 Å². The second-order valence-electron chi connectivity index (χ2n) is 7.98. The highest BCUT2D eigenvalue weighted by Gasteiger charge is 2.28. The fourth-order valence-corrected chi connectivity index (χ4v) is 3.95. The molecule has 1 amide bonds. The summed E-state index contributed by atoms with van der Waals surface area (Å²) < 4.78 is 0. The summed E-state index contributed by atoms with van der Waals surface area (Å²) in [6.45, 7) is 7.55. The maximum Gasteiger partial charge on any atom is 0.227 e. The van der Waals surface area contributed by atoms with Gasteiger partial charge in [-0.25, -0.2) is 0 Å². The van der Waals surface area contributed by atoms with Gasteiger partial charge in [-0.05, 0) is 48.9 Å². The van der Waals surface area contributed by atoms with Crippen molar-refractivity contribution in [3.05, 3.63) is 40.7 Å². The molecule has 26 heavy (non-hydrogen) atoms. The van der Waals surface area contributed by atoms with E-state index in [1.807, 2.05) is 6.07 Å². The Morgan fingerprint density at radius 2 is 2.15 bits per heavy atom. The Kier molecular flexibility index (Phi) is 4.76. The fourth-order valence-electron chi connectivity index (χ4n) is 3.95. The Hall–Kier alpha value is -2.21. The molecule has 2 aliphatic rings. The first-order chi connectivity index (χ1) is 12.6. The van der Waals surface area contributed by atoms with Gasteiger partial charge in [-0.3, -0.25) is 9.69 Å². The number of H-pyrrole nitrogens is 1. The summed E-state index contributed by atoms with van der Waals surface area (Å²) >= 11 is 0. The van der Waals surface area contributed by atoms with Crippen LogP contribution in [0.5, 0.6) is 0 Å². The standard InChI is InChI=1S/C20H27N5O/c1-13(2)8-9-25-11-15-4-3-5-17(16(15)12-25)21-20(26)14-6-7-18-19(10-14)23-24-22-18/h3-5,13-14H,6-12H2,1-2H3,(H,21,26)(H,22,23,24). The van der Waals surface area contributed by atoms with Gasteiger partial charge in [0, 0.05) is 31.1 Å². The zero-order chi connectivity index (χ0) is 18.1. The quantitative estimate of drug-likeness (QED) is 0.867. The summed E-state index contributed by atoms with van der Waals surface area (Å²) in [5, 5.41) is 14.2. The van der Waals surface area contributed by atoms with Crippen LogP contribution in [-0.4, -0.2) is 32.8 Å². The summed E-state index contributed by atoms with van der Waals surface area (Å²) in [4.78, 5) is 15.3. The molecule has 2 N–H and O–H groups in total. The highest BCUT2D eigenvalue weighted by Crippen LogP contribution is 2.31. The Bertz CT molecular complexity index is 797. The van der Waals surface area contributed by atoms with Crippen LogP contribution in [0.2, 0.25) is 0 Å². The number of aromatic nitrogens is 3. The second-order valence-corrected chi connectivity index (χ2v) is 7.98. The van der Waals surface area contributed by atoms with Crippen molar-refractivity contribution in [3.8, 4) is 0 Å². The van der Waals surface area contributed by atoms with Crippen LogP contribution in [0.3, 0.4) is 0 Å². The molecule has 0 radical (unpaired) electrons. The number of amides is 1. The summed E-state index contributed by atoms with van der Waals surface area (Å²) in [6, 6.07) is 6.27. The number of rotatable bonds is 5. The molecule has 1 aliphatic carbocycles. The van der Waals surface area contributed by atoms with Crippen molar-refractivity contribution in [3.63, 3.8) is 0 Å². The molecule has 4 rings (SSSR count). The monoisotopic (exact) mass is 353 g/mol. The minimum Gasteiger partial charge on any atom is -0.326 e. The average Bonchev–Trinajstić information content (AvgIpc) is 3.26. The second kappa shape index (κ2) is 7.19. The molecule has 1 unspecified atom stereocenters. The van der Waals surface area contributed by atoms with Crippen molar-refractivity contribution < 1.29 is 4.79 Å². The zero-order valence-corrected chi connectivity index (χ0v) is 15.6. The van der Waals surface area contributed by atoms with Crippen LogP contribution in [0.4, 0.5) is 5.69 Å². The van der Waals surface area contributed by atoms with Gasteiger partial charge in [-0.15, -0.1) is 0 Å². The van der Waals surface area contributed by atoms with E-state index in [2.05, 4.69) is 51.6 Å². The predicted octanol–water partition coefficient (Wildman–Crippen LogP) is 2.91. The van der Waals surface area contributed by atoms with E-state index >= 15 is 0 Å². The topological polar surface area (TPSA) is 73.9 Å². The van der Waals surface area contributed by atoms with E-state index in [1.54, 1.807) is 0 Å². The third-order valence-electron chi connectivity index (χ3n) is 5.57. The van der Waals surface area contributed by atoms with Crippen molar-refractivity contribution in [1.29, 1.82) is 0 Å². The van der Waals surface area contributed by atoms with Crippen molar-refractivity contribution in [2.24, 2.45) is 11.8 Å².